The molecule has 0 atom stereocenters. The lowest BCUT2D eigenvalue weighted by atomic mass is 10.0. The second kappa shape index (κ2) is 4.12. The van der Waals surface area contributed by atoms with Gasteiger partial charge in [0.2, 0.25) is 0 Å². The van der Waals surface area contributed by atoms with Crippen molar-refractivity contribution in [2.24, 2.45) is 5.92 Å². The molecule has 0 heterocycles. The van der Waals surface area contributed by atoms with Gasteiger partial charge in [0.1, 0.15) is 5.75 Å². The van der Waals surface area contributed by atoms with E-state index < -0.39 is 0 Å². The quantitative estimate of drug-likeness (QED) is 0.822. The zero-order chi connectivity index (χ0) is 9.14. The summed E-state index contributed by atoms with van der Waals surface area (Å²) in [4.78, 5) is 0. The molecule has 0 unspecified atom stereocenters. The molecule has 0 aliphatic carbocycles. The molecule has 0 aliphatic heterocycles. The fourth-order valence-electron chi connectivity index (χ4n) is 1.15. The Labute approximate surface area is 86.9 Å². The second-order valence-electron chi connectivity index (χ2n) is 3.38. The Hall–Kier alpha value is -0.250. The van der Waals surface area contributed by atoms with Gasteiger partial charge in [-0.2, -0.15) is 0 Å². The Morgan fingerprint density at radius 1 is 1.42 bits per heavy atom. The molecule has 0 saturated carbocycles. The van der Waals surface area contributed by atoms with Crippen LogP contribution in [0.4, 0.5) is 0 Å². The van der Waals surface area contributed by atoms with E-state index in [0.717, 1.165) is 9.99 Å². The van der Waals surface area contributed by atoms with E-state index in [1.165, 1.54) is 5.56 Å². The van der Waals surface area contributed by atoms with Gasteiger partial charge in [-0.25, -0.2) is 0 Å². The number of hydrogen-bond donors (Lipinski definition) is 1. The van der Waals surface area contributed by atoms with Gasteiger partial charge in [-0.15, -0.1) is 0 Å². The zero-order valence-corrected chi connectivity index (χ0v) is 9.50. The van der Waals surface area contributed by atoms with E-state index in [4.69, 9.17) is 0 Å². The third-order valence-corrected chi connectivity index (χ3v) is 2.52. The summed E-state index contributed by atoms with van der Waals surface area (Å²) < 4.78 is 0.936. The van der Waals surface area contributed by atoms with Crippen LogP contribution in [0.3, 0.4) is 0 Å². The summed E-state index contributed by atoms with van der Waals surface area (Å²) in [6, 6.07) is 5.78. The van der Waals surface area contributed by atoms with Gasteiger partial charge in [-0.3, -0.25) is 0 Å². The zero-order valence-electron chi connectivity index (χ0n) is 7.34. The average molecular weight is 276 g/mol. The summed E-state index contributed by atoms with van der Waals surface area (Å²) in [5.41, 5.74) is 1.30. The lowest BCUT2D eigenvalue weighted by Gasteiger charge is -2.05. The summed E-state index contributed by atoms with van der Waals surface area (Å²) in [7, 11) is 0. The Balaban J connectivity index is 2.82. The number of hydrogen-bond acceptors (Lipinski definition) is 1. The molecule has 1 nitrogen and oxygen atoms in total. The topological polar surface area (TPSA) is 20.2 Å². The number of rotatable bonds is 2. The van der Waals surface area contributed by atoms with Crippen LogP contribution in [0.1, 0.15) is 19.4 Å². The Kier molecular flexibility index (Phi) is 3.38. The van der Waals surface area contributed by atoms with E-state index in [9.17, 15) is 5.11 Å². The fourth-order valence-corrected chi connectivity index (χ4v) is 1.73. The summed E-state index contributed by atoms with van der Waals surface area (Å²) in [5.74, 6) is 1.05. The van der Waals surface area contributed by atoms with Crippen LogP contribution in [0.25, 0.3) is 0 Å². The van der Waals surface area contributed by atoms with Gasteiger partial charge in [-0.1, -0.05) is 19.9 Å². The van der Waals surface area contributed by atoms with Gasteiger partial charge >= 0.3 is 0 Å². The normalized spacial score (nSPS) is 10.7. The first kappa shape index (κ1) is 9.84. The first-order valence-corrected chi connectivity index (χ1v) is 5.15. The van der Waals surface area contributed by atoms with Crippen molar-refractivity contribution in [3.05, 3.63) is 27.3 Å². The van der Waals surface area contributed by atoms with Crippen LogP contribution >= 0.6 is 22.6 Å². The van der Waals surface area contributed by atoms with Crippen molar-refractivity contribution in [1.29, 1.82) is 0 Å². The molecule has 1 rings (SSSR count). The largest absolute Gasteiger partial charge is 0.507 e. The molecule has 1 aromatic rings. The molecular weight excluding hydrogens is 263 g/mol. The number of aromatic hydroxyl groups is 1. The summed E-state index contributed by atoms with van der Waals surface area (Å²) >= 11 is 2.15. The highest BCUT2D eigenvalue weighted by molar-refractivity contribution is 14.1. The predicted octanol–water partition coefficient (Wildman–Crippen LogP) is 3.20. The van der Waals surface area contributed by atoms with Crippen molar-refractivity contribution in [2.45, 2.75) is 20.3 Å². The van der Waals surface area contributed by atoms with Gasteiger partial charge in [-0.05, 0) is 52.6 Å². The van der Waals surface area contributed by atoms with Gasteiger partial charge in [0.25, 0.3) is 0 Å². The maximum absolute atomic E-state index is 9.27. The fraction of sp³-hybridized carbons (Fsp3) is 0.400. The second-order valence-corrected chi connectivity index (χ2v) is 4.55. The summed E-state index contributed by atoms with van der Waals surface area (Å²) in [6.07, 6.45) is 1.08. The Bertz CT molecular complexity index is 269. The van der Waals surface area contributed by atoms with E-state index in [0.29, 0.717) is 11.7 Å². The van der Waals surface area contributed by atoms with Crippen molar-refractivity contribution in [3.63, 3.8) is 0 Å². The van der Waals surface area contributed by atoms with E-state index in [1.54, 1.807) is 6.07 Å². The molecular formula is C10H13IO. The molecule has 1 aromatic carbocycles. The minimum absolute atomic E-state index is 0.378. The number of benzene rings is 1. The van der Waals surface area contributed by atoms with Crippen molar-refractivity contribution in [1.82, 2.24) is 0 Å². The van der Waals surface area contributed by atoms with Crippen LogP contribution in [0, 0.1) is 9.49 Å². The minimum atomic E-state index is 0.378. The van der Waals surface area contributed by atoms with Gasteiger partial charge < -0.3 is 5.11 Å². The molecule has 1 N–H and O–H groups in total. The molecule has 0 aromatic heterocycles. The van der Waals surface area contributed by atoms with Gasteiger partial charge in [0.05, 0.1) is 3.57 Å². The molecule has 66 valence electrons. The number of phenols is 1. The Morgan fingerprint density at radius 2 is 2.08 bits per heavy atom. The molecule has 0 radical (unpaired) electrons. The average Bonchev–Trinajstić information content (AvgIpc) is 1.96. The smallest absolute Gasteiger partial charge is 0.128 e. The highest BCUT2D eigenvalue weighted by atomic mass is 127. The van der Waals surface area contributed by atoms with E-state index in [2.05, 4.69) is 36.4 Å². The predicted molar refractivity (Wildman–Crippen MR) is 59.4 cm³/mol. The van der Waals surface area contributed by atoms with E-state index in [1.807, 2.05) is 12.1 Å². The maximum Gasteiger partial charge on any atom is 0.128 e. The van der Waals surface area contributed by atoms with Crippen molar-refractivity contribution >= 4 is 22.6 Å². The van der Waals surface area contributed by atoms with E-state index in [-0.39, 0.29) is 0 Å². The van der Waals surface area contributed by atoms with Crippen molar-refractivity contribution < 1.29 is 5.11 Å². The monoisotopic (exact) mass is 276 g/mol. The van der Waals surface area contributed by atoms with Crippen LogP contribution in [0.2, 0.25) is 0 Å². The maximum atomic E-state index is 9.27. The van der Waals surface area contributed by atoms with Gasteiger partial charge in [0.15, 0.2) is 0 Å². The third-order valence-electron chi connectivity index (χ3n) is 1.66. The molecule has 0 saturated heterocycles. The third kappa shape index (κ3) is 2.66. The van der Waals surface area contributed by atoms with Crippen LogP contribution in [-0.4, -0.2) is 5.11 Å². The lowest BCUT2D eigenvalue weighted by Crippen LogP contribution is -1.93. The van der Waals surface area contributed by atoms with Crippen molar-refractivity contribution in [3.8, 4) is 5.75 Å². The van der Waals surface area contributed by atoms with Gasteiger partial charge in [0, 0.05) is 0 Å². The van der Waals surface area contributed by atoms with Crippen LogP contribution in [0.15, 0.2) is 18.2 Å². The summed E-state index contributed by atoms with van der Waals surface area (Å²) in [5, 5.41) is 9.27. The highest BCUT2D eigenvalue weighted by Crippen LogP contribution is 2.21. The SMILES string of the molecule is CC(C)Cc1ccc(O)c(I)c1. The lowest BCUT2D eigenvalue weighted by molar-refractivity contribution is 0.471. The minimum Gasteiger partial charge on any atom is -0.507 e. The highest BCUT2D eigenvalue weighted by Gasteiger charge is 2.01. The molecule has 0 spiro atoms. The van der Waals surface area contributed by atoms with Crippen LogP contribution in [0.5, 0.6) is 5.75 Å². The molecule has 2 heteroatoms. The molecule has 0 bridgehead atoms. The number of phenolic OH excluding ortho intramolecular Hbond substituents is 1. The molecule has 0 fully saturated rings. The Morgan fingerprint density at radius 3 is 2.58 bits per heavy atom. The van der Waals surface area contributed by atoms with Crippen molar-refractivity contribution in [2.75, 3.05) is 0 Å². The van der Waals surface area contributed by atoms with Crippen LogP contribution in [-0.2, 0) is 6.42 Å². The first-order chi connectivity index (χ1) is 5.59. The standard InChI is InChI=1S/C10H13IO/c1-7(2)5-8-3-4-10(12)9(11)6-8/h3-4,6-7,12H,5H2,1-2H3. The summed E-state index contributed by atoms with van der Waals surface area (Å²) in [6.45, 7) is 4.39. The van der Waals surface area contributed by atoms with Crippen LogP contribution < -0.4 is 0 Å². The first-order valence-electron chi connectivity index (χ1n) is 4.07. The molecule has 0 aliphatic rings. The number of halogens is 1. The molecule has 12 heavy (non-hydrogen) atoms. The van der Waals surface area contributed by atoms with E-state index >= 15 is 0 Å². The molecule has 0 amide bonds.